The molecule has 0 spiro atoms. The van der Waals surface area contributed by atoms with E-state index in [4.69, 9.17) is 0 Å². The molecule has 2 aliphatic rings. The van der Waals surface area contributed by atoms with Gasteiger partial charge in [0.2, 0.25) is 0 Å². The lowest BCUT2D eigenvalue weighted by Crippen LogP contribution is -2.41. The zero-order chi connectivity index (χ0) is 26.4. The van der Waals surface area contributed by atoms with E-state index in [9.17, 15) is 14.4 Å². The third-order valence-corrected chi connectivity index (χ3v) is 6.79. The van der Waals surface area contributed by atoms with E-state index in [1.807, 2.05) is 49.9 Å². The highest BCUT2D eigenvalue weighted by atomic mass is 16.2. The van der Waals surface area contributed by atoms with E-state index < -0.39 is 0 Å². The monoisotopic (exact) mass is 505 g/mol. The molecule has 1 aliphatic heterocycles. The molecule has 4 rings (SSSR count). The molecule has 0 unspecified atom stereocenters. The second kappa shape index (κ2) is 11.8. The molecule has 0 bridgehead atoms. The summed E-state index contributed by atoms with van der Waals surface area (Å²) < 4.78 is 0. The van der Waals surface area contributed by atoms with Crippen LogP contribution in [-0.4, -0.2) is 65.4 Å². The van der Waals surface area contributed by atoms with Gasteiger partial charge in [0.25, 0.3) is 11.8 Å². The van der Waals surface area contributed by atoms with Gasteiger partial charge in [0.05, 0.1) is 0 Å². The molecule has 2 aromatic rings. The van der Waals surface area contributed by atoms with Gasteiger partial charge in [-0.3, -0.25) is 14.5 Å². The molecule has 1 saturated heterocycles. The number of rotatable bonds is 6. The lowest BCUT2D eigenvalue weighted by molar-refractivity contribution is 0.0760. The van der Waals surface area contributed by atoms with E-state index in [0.717, 1.165) is 44.5 Å². The first kappa shape index (κ1) is 26.7. The quantitative estimate of drug-likeness (QED) is 0.548. The van der Waals surface area contributed by atoms with Crippen molar-refractivity contribution < 1.29 is 14.4 Å². The van der Waals surface area contributed by atoms with E-state index in [1.54, 1.807) is 24.3 Å². The standard InChI is InChI=1S/C29H39N5O3/c1-29(2,3)32-26(35)23-8-4-7-21(19-23)20-33-15-6-16-34(18-17-33)27(36)22-11-13-25(14-12-22)31-28(37)30-24-9-5-10-24/h4,7-8,11-14,19,24H,5-6,9-10,15-18,20H2,1-3H3,(H,32,35)(H2,30,31,37). The fourth-order valence-corrected chi connectivity index (χ4v) is 4.60. The number of anilines is 1. The van der Waals surface area contributed by atoms with Gasteiger partial charge in [0.1, 0.15) is 0 Å². The average molecular weight is 506 g/mol. The molecule has 198 valence electrons. The molecule has 3 N–H and O–H groups in total. The summed E-state index contributed by atoms with van der Waals surface area (Å²) in [6, 6.07) is 15.0. The van der Waals surface area contributed by atoms with E-state index >= 15 is 0 Å². The zero-order valence-corrected chi connectivity index (χ0v) is 22.2. The molecule has 37 heavy (non-hydrogen) atoms. The highest BCUT2D eigenvalue weighted by Crippen LogP contribution is 2.19. The molecular formula is C29H39N5O3. The van der Waals surface area contributed by atoms with Crippen LogP contribution in [0.1, 0.15) is 72.7 Å². The Kier molecular flexibility index (Phi) is 8.48. The molecule has 2 aromatic carbocycles. The maximum atomic E-state index is 13.1. The Morgan fingerprint density at radius 1 is 0.892 bits per heavy atom. The van der Waals surface area contributed by atoms with Crippen LogP contribution in [0.3, 0.4) is 0 Å². The first-order valence-corrected chi connectivity index (χ1v) is 13.3. The van der Waals surface area contributed by atoms with Crippen molar-refractivity contribution in [1.82, 2.24) is 20.4 Å². The molecule has 1 heterocycles. The summed E-state index contributed by atoms with van der Waals surface area (Å²) in [6.07, 6.45) is 4.13. The lowest BCUT2D eigenvalue weighted by Gasteiger charge is -2.26. The largest absolute Gasteiger partial charge is 0.347 e. The van der Waals surface area contributed by atoms with Gasteiger partial charge in [-0.1, -0.05) is 12.1 Å². The van der Waals surface area contributed by atoms with Crippen molar-refractivity contribution in [2.75, 3.05) is 31.5 Å². The first-order valence-electron chi connectivity index (χ1n) is 13.3. The van der Waals surface area contributed by atoms with Crippen LogP contribution in [0.25, 0.3) is 0 Å². The second-order valence-electron chi connectivity index (χ2n) is 11.1. The van der Waals surface area contributed by atoms with Gasteiger partial charge in [-0.05, 0) is 88.4 Å². The molecular weight excluding hydrogens is 466 g/mol. The average Bonchev–Trinajstić information content (AvgIpc) is 3.06. The summed E-state index contributed by atoms with van der Waals surface area (Å²) in [5.41, 5.74) is 2.77. The van der Waals surface area contributed by atoms with Crippen LogP contribution in [0.2, 0.25) is 0 Å². The van der Waals surface area contributed by atoms with Crippen LogP contribution in [0.15, 0.2) is 48.5 Å². The minimum absolute atomic E-state index is 0.00756. The minimum Gasteiger partial charge on any atom is -0.347 e. The Morgan fingerprint density at radius 2 is 1.65 bits per heavy atom. The summed E-state index contributed by atoms with van der Waals surface area (Å²) in [4.78, 5) is 42.0. The van der Waals surface area contributed by atoms with Crippen molar-refractivity contribution >= 4 is 23.5 Å². The van der Waals surface area contributed by atoms with Gasteiger partial charge in [0, 0.05) is 61.1 Å². The number of benzene rings is 2. The molecule has 8 heteroatoms. The molecule has 8 nitrogen and oxygen atoms in total. The smallest absolute Gasteiger partial charge is 0.319 e. The number of hydrogen-bond donors (Lipinski definition) is 3. The molecule has 2 fully saturated rings. The molecule has 0 radical (unpaired) electrons. The van der Waals surface area contributed by atoms with E-state index in [1.165, 1.54) is 6.42 Å². The third-order valence-electron chi connectivity index (χ3n) is 6.79. The molecule has 4 amide bonds. The van der Waals surface area contributed by atoms with E-state index in [0.29, 0.717) is 29.9 Å². The maximum absolute atomic E-state index is 13.1. The van der Waals surface area contributed by atoms with Gasteiger partial charge in [-0.15, -0.1) is 0 Å². The fourth-order valence-electron chi connectivity index (χ4n) is 4.60. The maximum Gasteiger partial charge on any atom is 0.319 e. The van der Waals surface area contributed by atoms with Crippen molar-refractivity contribution in [3.8, 4) is 0 Å². The van der Waals surface area contributed by atoms with Crippen molar-refractivity contribution in [2.45, 2.75) is 64.6 Å². The van der Waals surface area contributed by atoms with Crippen molar-refractivity contribution in [3.05, 3.63) is 65.2 Å². The normalized spacial score (nSPS) is 16.9. The molecule has 1 saturated carbocycles. The lowest BCUT2D eigenvalue weighted by atomic mass is 9.93. The van der Waals surface area contributed by atoms with Gasteiger partial charge in [0.15, 0.2) is 0 Å². The van der Waals surface area contributed by atoms with Crippen molar-refractivity contribution in [3.63, 3.8) is 0 Å². The van der Waals surface area contributed by atoms with Crippen LogP contribution in [0.5, 0.6) is 0 Å². The number of carbonyl (C=O) groups is 3. The Bertz CT molecular complexity index is 1110. The minimum atomic E-state index is -0.283. The fraction of sp³-hybridized carbons (Fsp3) is 0.483. The number of hydrogen-bond acceptors (Lipinski definition) is 4. The van der Waals surface area contributed by atoms with E-state index in [2.05, 4.69) is 20.9 Å². The number of nitrogens with zero attached hydrogens (tertiary/aromatic N) is 2. The van der Waals surface area contributed by atoms with Crippen LogP contribution in [0.4, 0.5) is 10.5 Å². The van der Waals surface area contributed by atoms with Crippen LogP contribution in [-0.2, 0) is 6.54 Å². The second-order valence-corrected chi connectivity index (χ2v) is 11.1. The molecule has 0 atom stereocenters. The molecule has 0 aromatic heterocycles. The van der Waals surface area contributed by atoms with Gasteiger partial charge in [-0.25, -0.2) is 4.79 Å². The predicted molar refractivity (Wildman–Crippen MR) is 146 cm³/mol. The number of carbonyl (C=O) groups excluding carboxylic acids is 3. The summed E-state index contributed by atoms with van der Waals surface area (Å²) in [6.45, 7) is 9.66. The number of amides is 4. The van der Waals surface area contributed by atoms with Gasteiger partial charge < -0.3 is 20.9 Å². The van der Waals surface area contributed by atoms with Gasteiger partial charge >= 0.3 is 6.03 Å². The van der Waals surface area contributed by atoms with Crippen LogP contribution < -0.4 is 16.0 Å². The Labute approximate surface area is 219 Å². The Hall–Kier alpha value is -3.39. The predicted octanol–water partition coefficient (Wildman–Crippen LogP) is 4.24. The van der Waals surface area contributed by atoms with Crippen molar-refractivity contribution in [1.29, 1.82) is 0 Å². The zero-order valence-electron chi connectivity index (χ0n) is 22.2. The Balaban J connectivity index is 1.28. The summed E-state index contributed by atoms with van der Waals surface area (Å²) in [7, 11) is 0. The first-order chi connectivity index (χ1) is 17.7. The van der Waals surface area contributed by atoms with Crippen LogP contribution in [0, 0.1) is 0 Å². The SMILES string of the molecule is CC(C)(C)NC(=O)c1cccc(CN2CCCN(C(=O)c3ccc(NC(=O)NC4CCC4)cc3)CC2)c1. The topological polar surface area (TPSA) is 93.8 Å². The Morgan fingerprint density at radius 3 is 2.32 bits per heavy atom. The van der Waals surface area contributed by atoms with E-state index in [-0.39, 0.29) is 29.4 Å². The molecule has 1 aliphatic carbocycles. The number of nitrogens with one attached hydrogen (secondary N) is 3. The summed E-state index contributed by atoms with van der Waals surface area (Å²) >= 11 is 0. The van der Waals surface area contributed by atoms with Crippen molar-refractivity contribution in [2.24, 2.45) is 0 Å². The summed E-state index contributed by atoms with van der Waals surface area (Å²) in [5, 5.41) is 8.81. The number of urea groups is 1. The highest BCUT2D eigenvalue weighted by Gasteiger charge is 2.22. The van der Waals surface area contributed by atoms with Gasteiger partial charge in [-0.2, -0.15) is 0 Å². The van der Waals surface area contributed by atoms with Crippen LogP contribution >= 0.6 is 0 Å². The highest BCUT2D eigenvalue weighted by molar-refractivity contribution is 5.96. The third kappa shape index (κ3) is 7.79. The summed E-state index contributed by atoms with van der Waals surface area (Å²) in [5.74, 6) is -0.0598.